The third-order valence-corrected chi connectivity index (χ3v) is 3.15. The molecule has 0 fully saturated rings. The van der Waals surface area contributed by atoms with Crippen molar-refractivity contribution in [3.63, 3.8) is 0 Å². The topological polar surface area (TPSA) is 0 Å². The minimum Gasteiger partial charge on any atom is -0.0767 e. The molecular formula is C14H24. The Balaban J connectivity index is 2.70. The van der Waals surface area contributed by atoms with E-state index < -0.39 is 0 Å². The zero-order valence-corrected chi connectivity index (χ0v) is 10.2. The van der Waals surface area contributed by atoms with Crippen LogP contribution in [0.4, 0.5) is 0 Å². The van der Waals surface area contributed by atoms with E-state index in [9.17, 15) is 0 Å². The van der Waals surface area contributed by atoms with Gasteiger partial charge in [0.15, 0.2) is 0 Å². The van der Waals surface area contributed by atoms with Gasteiger partial charge in [-0.05, 0) is 42.7 Å². The van der Waals surface area contributed by atoms with Gasteiger partial charge in [-0.2, -0.15) is 0 Å². The molecule has 80 valence electrons. The third kappa shape index (κ3) is 2.50. The molecule has 1 aliphatic carbocycles. The first-order chi connectivity index (χ1) is 6.70. The van der Waals surface area contributed by atoms with E-state index in [1.807, 2.05) is 0 Å². The van der Waals surface area contributed by atoms with Crippen molar-refractivity contribution in [2.24, 2.45) is 5.92 Å². The highest BCUT2D eigenvalue weighted by molar-refractivity contribution is 5.43. The van der Waals surface area contributed by atoms with E-state index in [0.717, 1.165) is 0 Å². The lowest BCUT2D eigenvalue weighted by Gasteiger charge is -2.12. The molecule has 0 radical (unpaired) electrons. The van der Waals surface area contributed by atoms with Crippen molar-refractivity contribution in [2.75, 3.05) is 0 Å². The van der Waals surface area contributed by atoms with E-state index >= 15 is 0 Å². The maximum atomic E-state index is 2.45. The predicted molar refractivity (Wildman–Crippen MR) is 64.4 cm³/mol. The Morgan fingerprint density at radius 2 is 2.00 bits per heavy atom. The minimum absolute atomic E-state index is 0.712. The van der Waals surface area contributed by atoms with Crippen molar-refractivity contribution in [3.8, 4) is 0 Å². The fourth-order valence-electron chi connectivity index (χ4n) is 2.37. The van der Waals surface area contributed by atoms with Gasteiger partial charge in [0, 0.05) is 0 Å². The fourth-order valence-corrected chi connectivity index (χ4v) is 2.37. The normalized spacial score (nSPS) is 16.8. The summed E-state index contributed by atoms with van der Waals surface area (Å²) in [7, 11) is 0. The average molecular weight is 192 g/mol. The Hall–Kier alpha value is -0.520. The summed E-state index contributed by atoms with van der Waals surface area (Å²) in [6, 6.07) is 0. The Morgan fingerprint density at radius 1 is 1.29 bits per heavy atom. The van der Waals surface area contributed by atoms with E-state index in [1.165, 1.54) is 32.1 Å². The van der Waals surface area contributed by atoms with Gasteiger partial charge in [-0.15, -0.1) is 0 Å². The summed E-state index contributed by atoms with van der Waals surface area (Å²) >= 11 is 0. The monoisotopic (exact) mass is 192 g/mol. The van der Waals surface area contributed by atoms with Gasteiger partial charge in [0.05, 0.1) is 0 Å². The quantitative estimate of drug-likeness (QED) is 0.583. The largest absolute Gasteiger partial charge is 0.0767 e. The Bertz CT molecular complexity index is 241. The van der Waals surface area contributed by atoms with Gasteiger partial charge in [-0.1, -0.05) is 45.8 Å². The van der Waals surface area contributed by atoms with Gasteiger partial charge < -0.3 is 0 Å². The van der Waals surface area contributed by atoms with Gasteiger partial charge >= 0.3 is 0 Å². The van der Waals surface area contributed by atoms with Crippen LogP contribution < -0.4 is 0 Å². The van der Waals surface area contributed by atoms with E-state index in [2.05, 4.69) is 33.8 Å². The fraction of sp³-hybridized carbons (Fsp3) is 0.714. The molecule has 1 rings (SSSR count). The predicted octanol–water partition coefficient (Wildman–Crippen LogP) is 4.87. The van der Waals surface area contributed by atoms with Crippen LogP contribution in [0.15, 0.2) is 22.8 Å². The highest BCUT2D eigenvalue weighted by Gasteiger charge is 2.17. The van der Waals surface area contributed by atoms with E-state index in [4.69, 9.17) is 0 Å². The summed E-state index contributed by atoms with van der Waals surface area (Å²) in [6.45, 7) is 9.19. The van der Waals surface area contributed by atoms with Crippen LogP contribution >= 0.6 is 0 Å². The molecule has 14 heavy (non-hydrogen) atoms. The number of hydrogen-bond donors (Lipinski definition) is 0. The number of allylic oxidation sites excluding steroid dienone is 4. The molecule has 0 aromatic carbocycles. The summed E-state index contributed by atoms with van der Waals surface area (Å²) in [5.41, 5.74) is 5.02. The van der Waals surface area contributed by atoms with Crippen LogP contribution in [0.1, 0.15) is 59.8 Å². The molecule has 0 saturated carbocycles. The SMILES string of the molecule is CCCCC1=C(CC)C(C(C)C)=CC1. The summed E-state index contributed by atoms with van der Waals surface area (Å²) in [5, 5.41) is 0. The summed E-state index contributed by atoms with van der Waals surface area (Å²) < 4.78 is 0. The van der Waals surface area contributed by atoms with Crippen molar-refractivity contribution in [1.29, 1.82) is 0 Å². The summed E-state index contributed by atoms with van der Waals surface area (Å²) in [4.78, 5) is 0. The van der Waals surface area contributed by atoms with Crippen LogP contribution in [0.3, 0.4) is 0 Å². The highest BCUT2D eigenvalue weighted by Crippen LogP contribution is 2.35. The Labute approximate surface area is 89.1 Å². The highest BCUT2D eigenvalue weighted by atomic mass is 14.2. The van der Waals surface area contributed by atoms with Gasteiger partial charge in [0.25, 0.3) is 0 Å². The maximum Gasteiger partial charge on any atom is -0.0127 e. The first kappa shape index (κ1) is 11.6. The van der Waals surface area contributed by atoms with Crippen LogP contribution in [0.5, 0.6) is 0 Å². The molecule has 0 spiro atoms. The van der Waals surface area contributed by atoms with Crippen LogP contribution in [0, 0.1) is 5.92 Å². The molecule has 0 aromatic rings. The summed E-state index contributed by atoms with van der Waals surface area (Å²) in [6.07, 6.45) is 8.91. The Kier molecular flexibility index (Phi) is 4.44. The minimum atomic E-state index is 0.712. The van der Waals surface area contributed by atoms with Gasteiger partial charge in [0.1, 0.15) is 0 Å². The molecule has 0 bridgehead atoms. The number of hydrogen-bond acceptors (Lipinski definition) is 0. The van der Waals surface area contributed by atoms with Crippen molar-refractivity contribution in [1.82, 2.24) is 0 Å². The lowest BCUT2D eigenvalue weighted by molar-refractivity contribution is 0.753. The Morgan fingerprint density at radius 3 is 2.50 bits per heavy atom. The second-order valence-electron chi connectivity index (χ2n) is 4.56. The number of unbranched alkanes of at least 4 members (excludes halogenated alkanes) is 1. The van der Waals surface area contributed by atoms with E-state index in [0.29, 0.717) is 5.92 Å². The lowest BCUT2D eigenvalue weighted by atomic mass is 9.93. The van der Waals surface area contributed by atoms with E-state index in [-0.39, 0.29) is 0 Å². The molecule has 0 heteroatoms. The van der Waals surface area contributed by atoms with Crippen molar-refractivity contribution in [3.05, 3.63) is 22.8 Å². The first-order valence-corrected chi connectivity index (χ1v) is 6.12. The molecule has 0 saturated heterocycles. The van der Waals surface area contributed by atoms with Gasteiger partial charge in [-0.3, -0.25) is 0 Å². The van der Waals surface area contributed by atoms with Gasteiger partial charge in [-0.25, -0.2) is 0 Å². The van der Waals surface area contributed by atoms with Crippen molar-refractivity contribution < 1.29 is 0 Å². The molecule has 1 aliphatic rings. The zero-order valence-electron chi connectivity index (χ0n) is 10.2. The molecule has 0 N–H and O–H groups in total. The molecule has 0 aliphatic heterocycles. The second-order valence-corrected chi connectivity index (χ2v) is 4.56. The molecule has 0 atom stereocenters. The lowest BCUT2D eigenvalue weighted by Crippen LogP contribution is -1.96. The molecule has 0 aromatic heterocycles. The first-order valence-electron chi connectivity index (χ1n) is 6.12. The van der Waals surface area contributed by atoms with Crippen molar-refractivity contribution >= 4 is 0 Å². The second kappa shape index (κ2) is 5.38. The van der Waals surface area contributed by atoms with Gasteiger partial charge in [0.2, 0.25) is 0 Å². The molecule has 0 amide bonds. The molecular weight excluding hydrogens is 168 g/mol. The van der Waals surface area contributed by atoms with Crippen LogP contribution in [-0.2, 0) is 0 Å². The molecule has 0 unspecified atom stereocenters. The number of rotatable bonds is 5. The molecule has 0 heterocycles. The molecule has 0 nitrogen and oxygen atoms in total. The van der Waals surface area contributed by atoms with Crippen LogP contribution in [-0.4, -0.2) is 0 Å². The van der Waals surface area contributed by atoms with Crippen molar-refractivity contribution in [2.45, 2.75) is 59.8 Å². The van der Waals surface area contributed by atoms with E-state index in [1.54, 1.807) is 16.7 Å². The maximum absolute atomic E-state index is 2.45. The summed E-state index contributed by atoms with van der Waals surface area (Å²) in [5.74, 6) is 0.712. The van der Waals surface area contributed by atoms with Crippen LogP contribution in [0.25, 0.3) is 0 Å². The third-order valence-electron chi connectivity index (χ3n) is 3.15. The van der Waals surface area contributed by atoms with Crippen LogP contribution in [0.2, 0.25) is 0 Å². The smallest absolute Gasteiger partial charge is 0.0127 e. The zero-order chi connectivity index (χ0) is 10.6. The standard InChI is InChI=1S/C14H24/c1-5-7-8-12-9-10-14(11(3)4)13(12)6-2/h10-11H,5-9H2,1-4H3. The average Bonchev–Trinajstić information content (AvgIpc) is 2.57.